The molecule has 1 aliphatic rings. The molecule has 1 saturated heterocycles. The van der Waals surface area contributed by atoms with E-state index in [9.17, 15) is 9.59 Å². The van der Waals surface area contributed by atoms with Crippen LogP contribution >= 0.6 is 11.3 Å². The molecular weight excluding hydrogens is 364 g/mol. The SMILES string of the molecule is O=C(Nc1ccc(C(=O)N2CCN(c3ccccn3)CC2)s1)c1ccco1. The van der Waals surface area contributed by atoms with E-state index in [4.69, 9.17) is 4.42 Å². The average molecular weight is 382 g/mol. The molecule has 1 fully saturated rings. The first-order chi connectivity index (χ1) is 13.2. The first kappa shape index (κ1) is 17.3. The van der Waals surface area contributed by atoms with Crippen LogP contribution in [0.25, 0.3) is 0 Å². The molecule has 4 rings (SSSR count). The lowest BCUT2D eigenvalue weighted by molar-refractivity contribution is 0.0751. The van der Waals surface area contributed by atoms with Gasteiger partial charge in [-0.3, -0.25) is 9.59 Å². The van der Waals surface area contributed by atoms with Crippen LogP contribution in [0.3, 0.4) is 0 Å². The van der Waals surface area contributed by atoms with Crippen LogP contribution in [0.15, 0.2) is 59.3 Å². The molecule has 1 aliphatic heterocycles. The Morgan fingerprint density at radius 3 is 2.59 bits per heavy atom. The van der Waals surface area contributed by atoms with Crippen molar-refractivity contribution >= 4 is 34.0 Å². The van der Waals surface area contributed by atoms with E-state index in [1.165, 1.54) is 17.6 Å². The highest BCUT2D eigenvalue weighted by Crippen LogP contribution is 2.25. The summed E-state index contributed by atoms with van der Waals surface area (Å²) in [5.41, 5.74) is 0. The summed E-state index contributed by atoms with van der Waals surface area (Å²) in [6.45, 7) is 2.77. The van der Waals surface area contributed by atoms with Crippen LogP contribution in [0.4, 0.5) is 10.8 Å². The zero-order valence-electron chi connectivity index (χ0n) is 14.5. The molecule has 0 bridgehead atoms. The first-order valence-electron chi connectivity index (χ1n) is 8.60. The number of thiophene rings is 1. The van der Waals surface area contributed by atoms with Crippen LogP contribution in [0.5, 0.6) is 0 Å². The smallest absolute Gasteiger partial charge is 0.291 e. The number of aromatic nitrogens is 1. The van der Waals surface area contributed by atoms with Gasteiger partial charge in [-0.1, -0.05) is 6.07 Å². The van der Waals surface area contributed by atoms with Crippen molar-refractivity contribution in [3.63, 3.8) is 0 Å². The van der Waals surface area contributed by atoms with Gasteiger partial charge in [0.2, 0.25) is 0 Å². The summed E-state index contributed by atoms with van der Waals surface area (Å²) in [6, 6.07) is 12.6. The Kier molecular flexibility index (Phi) is 4.88. The minimum Gasteiger partial charge on any atom is -0.459 e. The standard InChI is InChI=1S/C19H18N4O3S/c24-18(14-4-3-13-26-14)21-17-7-6-15(27-17)19(25)23-11-9-22(10-12-23)16-5-1-2-8-20-16/h1-8,13H,9-12H2,(H,21,24). The van der Waals surface area contributed by atoms with Crippen molar-refractivity contribution < 1.29 is 14.0 Å². The van der Waals surface area contributed by atoms with Crippen LogP contribution in [-0.4, -0.2) is 47.9 Å². The lowest BCUT2D eigenvalue weighted by atomic mass is 10.3. The predicted molar refractivity (Wildman–Crippen MR) is 103 cm³/mol. The Bertz CT molecular complexity index is 916. The second kappa shape index (κ2) is 7.63. The van der Waals surface area contributed by atoms with E-state index < -0.39 is 0 Å². The van der Waals surface area contributed by atoms with Crippen LogP contribution in [0.2, 0.25) is 0 Å². The highest BCUT2D eigenvalue weighted by Gasteiger charge is 2.24. The molecule has 27 heavy (non-hydrogen) atoms. The van der Waals surface area contributed by atoms with E-state index in [1.54, 1.807) is 30.5 Å². The van der Waals surface area contributed by atoms with E-state index >= 15 is 0 Å². The van der Waals surface area contributed by atoms with Gasteiger partial charge in [0.1, 0.15) is 5.82 Å². The zero-order valence-corrected chi connectivity index (χ0v) is 15.3. The molecule has 3 aromatic rings. The topological polar surface area (TPSA) is 78.7 Å². The van der Waals surface area contributed by atoms with Crippen molar-refractivity contribution in [1.29, 1.82) is 0 Å². The molecule has 7 nitrogen and oxygen atoms in total. The Balaban J connectivity index is 1.35. The van der Waals surface area contributed by atoms with Gasteiger partial charge < -0.3 is 19.5 Å². The monoisotopic (exact) mass is 382 g/mol. The number of hydrogen-bond donors (Lipinski definition) is 1. The largest absolute Gasteiger partial charge is 0.459 e. The van der Waals surface area contributed by atoms with E-state index in [-0.39, 0.29) is 17.6 Å². The second-order valence-electron chi connectivity index (χ2n) is 6.06. The lowest BCUT2D eigenvalue weighted by Crippen LogP contribution is -2.48. The maximum Gasteiger partial charge on any atom is 0.291 e. The highest BCUT2D eigenvalue weighted by molar-refractivity contribution is 7.18. The van der Waals surface area contributed by atoms with Crippen molar-refractivity contribution in [2.45, 2.75) is 0 Å². The molecule has 2 amide bonds. The molecule has 8 heteroatoms. The molecule has 0 aromatic carbocycles. The summed E-state index contributed by atoms with van der Waals surface area (Å²) < 4.78 is 5.07. The summed E-state index contributed by atoms with van der Waals surface area (Å²) in [4.78, 5) is 33.7. The summed E-state index contributed by atoms with van der Waals surface area (Å²) >= 11 is 1.27. The summed E-state index contributed by atoms with van der Waals surface area (Å²) in [5.74, 6) is 0.828. The van der Waals surface area contributed by atoms with Gasteiger partial charge in [-0.2, -0.15) is 0 Å². The third-order valence-electron chi connectivity index (χ3n) is 4.34. The Labute approximate surface area is 160 Å². The molecular formula is C19H18N4O3S. The van der Waals surface area contributed by atoms with Gasteiger partial charge >= 0.3 is 0 Å². The van der Waals surface area contributed by atoms with Gasteiger partial charge in [0.25, 0.3) is 11.8 Å². The van der Waals surface area contributed by atoms with Crippen LogP contribution < -0.4 is 10.2 Å². The molecule has 3 aromatic heterocycles. The number of rotatable bonds is 4. The van der Waals surface area contributed by atoms with Crippen molar-refractivity contribution in [2.75, 3.05) is 36.4 Å². The summed E-state index contributed by atoms with van der Waals surface area (Å²) in [7, 11) is 0. The van der Waals surface area contributed by atoms with Gasteiger partial charge in [0.15, 0.2) is 5.76 Å². The molecule has 0 aliphatic carbocycles. The number of nitrogens with one attached hydrogen (secondary N) is 1. The minimum atomic E-state index is -0.329. The summed E-state index contributed by atoms with van der Waals surface area (Å²) in [5, 5.41) is 3.37. The average Bonchev–Trinajstić information content (AvgIpc) is 3.40. The predicted octanol–water partition coefficient (Wildman–Crippen LogP) is 2.95. The van der Waals surface area contributed by atoms with Crippen molar-refractivity contribution in [2.24, 2.45) is 0 Å². The van der Waals surface area contributed by atoms with Gasteiger partial charge in [0, 0.05) is 32.4 Å². The van der Waals surface area contributed by atoms with Crippen molar-refractivity contribution in [3.05, 3.63) is 65.6 Å². The van der Waals surface area contributed by atoms with Crippen LogP contribution in [0.1, 0.15) is 20.2 Å². The minimum absolute atomic E-state index is 0.0147. The fraction of sp³-hybridized carbons (Fsp3) is 0.211. The summed E-state index contributed by atoms with van der Waals surface area (Å²) in [6.07, 6.45) is 3.22. The molecule has 0 spiro atoms. The number of pyridine rings is 1. The second-order valence-corrected chi connectivity index (χ2v) is 7.15. The number of piperazine rings is 1. The third kappa shape index (κ3) is 3.85. The number of furan rings is 1. The number of nitrogens with zero attached hydrogens (tertiary/aromatic N) is 3. The quantitative estimate of drug-likeness (QED) is 0.751. The Hall–Kier alpha value is -3.13. The zero-order chi connectivity index (χ0) is 18.6. The fourth-order valence-electron chi connectivity index (χ4n) is 2.94. The Morgan fingerprint density at radius 1 is 1.04 bits per heavy atom. The third-order valence-corrected chi connectivity index (χ3v) is 5.33. The Morgan fingerprint density at radius 2 is 1.89 bits per heavy atom. The molecule has 0 atom stereocenters. The van der Waals surface area contributed by atoms with E-state index in [0.717, 1.165) is 18.9 Å². The molecule has 138 valence electrons. The van der Waals surface area contributed by atoms with Gasteiger partial charge in [-0.05, 0) is 36.4 Å². The van der Waals surface area contributed by atoms with E-state index in [1.807, 2.05) is 23.1 Å². The number of anilines is 2. The molecule has 4 heterocycles. The maximum atomic E-state index is 12.7. The maximum absolute atomic E-state index is 12.7. The van der Waals surface area contributed by atoms with Gasteiger partial charge in [-0.15, -0.1) is 11.3 Å². The molecule has 0 radical (unpaired) electrons. The molecule has 0 saturated carbocycles. The fourth-order valence-corrected chi connectivity index (χ4v) is 3.81. The number of carbonyl (C=O) groups is 2. The molecule has 0 unspecified atom stereocenters. The van der Waals surface area contributed by atoms with Gasteiger partial charge in [0.05, 0.1) is 16.1 Å². The van der Waals surface area contributed by atoms with Crippen LogP contribution in [-0.2, 0) is 0 Å². The number of hydrogen-bond acceptors (Lipinski definition) is 6. The van der Waals surface area contributed by atoms with E-state index in [2.05, 4.69) is 15.2 Å². The number of amides is 2. The van der Waals surface area contributed by atoms with Crippen molar-refractivity contribution in [1.82, 2.24) is 9.88 Å². The normalized spacial score (nSPS) is 14.2. The van der Waals surface area contributed by atoms with Crippen molar-refractivity contribution in [3.8, 4) is 0 Å². The molecule has 1 N–H and O–H groups in total. The van der Waals surface area contributed by atoms with Crippen LogP contribution in [0, 0.1) is 0 Å². The lowest BCUT2D eigenvalue weighted by Gasteiger charge is -2.35. The first-order valence-corrected chi connectivity index (χ1v) is 9.42. The van der Waals surface area contributed by atoms with E-state index in [0.29, 0.717) is 23.0 Å². The van der Waals surface area contributed by atoms with Gasteiger partial charge in [-0.25, -0.2) is 4.98 Å². The highest BCUT2D eigenvalue weighted by atomic mass is 32.1. The number of carbonyl (C=O) groups excluding carboxylic acids is 2.